The van der Waals surface area contributed by atoms with E-state index in [1.54, 1.807) is 0 Å². The lowest BCUT2D eigenvalue weighted by molar-refractivity contribution is 1.07. The molecule has 0 N–H and O–H groups in total. The van der Waals surface area contributed by atoms with Crippen LogP contribution >= 0.6 is 0 Å². The summed E-state index contributed by atoms with van der Waals surface area (Å²) in [6, 6.07) is 65.5. The lowest BCUT2D eigenvalue weighted by atomic mass is 9.92. The van der Waals surface area contributed by atoms with E-state index in [0.717, 1.165) is 55.6 Å². The summed E-state index contributed by atoms with van der Waals surface area (Å²) in [7, 11) is 0. The fraction of sp³-hybridized carbons (Fsp3) is 0. The Kier molecular flexibility index (Phi) is 8.81. The number of aromatic nitrogens is 6. The molecule has 0 saturated carbocycles. The summed E-state index contributed by atoms with van der Waals surface area (Å²) in [5, 5.41) is 0. The molecular formula is C48H32N6. The number of rotatable bonds is 8. The van der Waals surface area contributed by atoms with Gasteiger partial charge in [-0.25, -0.2) is 29.9 Å². The van der Waals surface area contributed by atoms with E-state index in [2.05, 4.69) is 66.7 Å². The van der Waals surface area contributed by atoms with Gasteiger partial charge in [0.2, 0.25) is 0 Å². The second-order valence-electron chi connectivity index (χ2n) is 12.8. The van der Waals surface area contributed by atoms with Crippen molar-refractivity contribution in [1.82, 2.24) is 29.9 Å². The van der Waals surface area contributed by atoms with Crippen LogP contribution in [-0.4, -0.2) is 29.9 Å². The second-order valence-corrected chi connectivity index (χ2v) is 12.8. The molecule has 0 amide bonds. The van der Waals surface area contributed by atoms with Crippen molar-refractivity contribution in [3.05, 3.63) is 194 Å². The van der Waals surface area contributed by atoms with Gasteiger partial charge in [0.05, 0.1) is 0 Å². The summed E-state index contributed by atoms with van der Waals surface area (Å²) in [5.41, 5.74) is 9.86. The molecule has 9 rings (SSSR count). The summed E-state index contributed by atoms with van der Waals surface area (Å²) in [5.74, 6) is 3.75. The summed E-state index contributed by atoms with van der Waals surface area (Å²) in [6.45, 7) is 0. The minimum absolute atomic E-state index is 0.611. The molecule has 0 atom stereocenters. The molecule has 254 valence electrons. The van der Waals surface area contributed by atoms with Crippen molar-refractivity contribution in [3.8, 4) is 90.6 Å². The van der Waals surface area contributed by atoms with E-state index in [0.29, 0.717) is 34.9 Å². The largest absolute Gasteiger partial charge is 0.208 e. The third kappa shape index (κ3) is 6.79. The fourth-order valence-electron chi connectivity index (χ4n) is 6.47. The number of hydrogen-bond donors (Lipinski definition) is 0. The summed E-state index contributed by atoms with van der Waals surface area (Å²) < 4.78 is 0. The van der Waals surface area contributed by atoms with Gasteiger partial charge in [-0.05, 0) is 28.3 Å². The predicted molar refractivity (Wildman–Crippen MR) is 217 cm³/mol. The summed E-state index contributed by atoms with van der Waals surface area (Å²) in [4.78, 5) is 29.6. The second kappa shape index (κ2) is 14.7. The van der Waals surface area contributed by atoms with Gasteiger partial charge in [0, 0.05) is 33.4 Å². The molecule has 2 aromatic heterocycles. The normalized spacial score (nSPS) is 11.0. The van der Waals surface area contributed by atoms with Crippen LogP contribution in [0.15, 0.2) is 194 Å². The molecule has 0 aliphatic carbocycles. The van der Waals surface area contributed by atoms with Crippen molar-refractivity contribution in [1.29, 1.82) is 0 Å². The van der Waals surface area contributed by atoms with Gasteiger partial charge in [-0.15, -0.1) is 0 Å². The first kappa shape index (κ1) is 32.5. The third-order valence-electron chi connectivity index (χ3n) is 9.22. The van der Waals surface area contributed by atoms with Crippen LogP contribution in [-0.2, 0) is 0 Å². The van der Waals surface area contributed by atoms with Crippen molar-refractivity contribution in [2.24, 2.45) is 0 Å². The summed E-state index contributed by atoms with van der Waals surface area (Å²) >= 11 is 0. The Hall–Kier alpha value is -7.44. The smallest absolute Gasteiger partial charge is 0.164 e. The third-order valence-corrected chi connectivity index (χ3v) is 9.22. The Labute approximate surface area is 313 Å². The summed E-state index contributed by atoms with van der Waals surface area (Å²) in [6.07, 6.45) is 0. The van der Waals surface area contributed by atoms with Gasteiger partial charge < -0.3 is 0 Å². The lowest BCUT2D eigenvalue weighted by Gasteiger charge is -2.14. The number of nitrogens with zero attached hydrogens (tertiary/aromatic N) is 6. The maximum Gasteiger partial charge on any atom is 0.164 e. The molecule has 2 heterocycles. The first-order chi connectivity index (χ1) is 26.7. The highest BCUT2D eigenvalue weighted by atomic mass is 15.0. The van der Waals surface area contributed by atoms with Crippen LogP contribution in [0.4, 0.5) is 0 Å². The monoisotopic (exact) mass is 692 g/mol. The van der Waals surface area contributed by atoms with Crippen molar-refractivity contribution >= 4 is 0 Å². The molecule has 0 saturated heterocycles. The maximum atomic E-state index is 5.00. The minimum atomic E-state index is 0.611. The zero-order valence-electron chi connectivity index (χ0n) is 29.2. The Morgan fingerprint density at radius 2 is 0.426 bits per heavy atom. The predicted octanol–water partition coefficient (Wildman–Crippen LogP) is 11.4. The van der Waals surface area contributed by atoms with E-state index in [1.165, 1.54) is 0 Å². The maximum absolute atomic E-state index is 5.00. The van der Waals surface area contributed by atoms with Crippen molar-refractivity contribution in [2.75, 3.05) is 0 Å². The van der Waals surface area contributed by atoms with Gasteiger partial charge in [-0.2, -0.15) is 0 Å². The Bertz CT molecular complexity index is 2550. The van der Waals surface area contributed by atoms with Crippen LogP contribution in [0.2, 0.25) is 0 Å². The SMILES string of the molecule is c1ccc(-c2nc(-c3ccccc3)nc(-c3ccc(-c4ccc(-c5nc(-c6ccccc6)nc(-c6ccccc6)n5)cc4-c4ccccc4)cc3)n2)cc1. The van der Waals surface area contributed by atoms with Crippen LogP contribution in [0.1, 0.15) is 0 Å². The van der Waals surface area contributed by atoms with E-state index in [-0.39, 0.29) is 0 Å². The van der Waals surface area contributed by atoms with Crippen LogP contribution < -0.4 is 0 Å². The molecule has 9 aromatic rings. The van der Waals surface area contributed by atoms with E-state index in [1.807, 2.05) is 127 Å². The molecule has 0 fully saturated rings. The van der Waals surface area contributed by atoms with Crippen molar-refractivity contribution < 1.29 is 0 Å². The molecule has 0 unspecified atom stereocenters. The molecule has 0 radical (unpaired) electrons. The molecule has 6 nitrogen and oxygen atoms in total. The molecule has 7 aromatic carbocycles. The average molecular weight is 693 g/mol. The average Bonchev–Trinajstić information content (AvgIpc) is 3.27. The molecule has 0 aliphatic heterocycles. The number of benzene rings is 7. The highest BCUT2D eigenvalue weighted by Crippen LogP contribution is 2.37. The van der Waals surface area contributed by atoms with Crippen LogP contribution in [0, 0.1) is 0 Å². The molecule has 54 heavy (non-hydrogen) atoms. The van der Waals surface area contributed by atoms with Crippen molar-refractivity contribution in [3.63, 3.8) is 0 Å². The Morgan fingerprint density at radius 3 is 0.778 bits per heavy atom. The topological polar surface area (TPSA) is 77.3 Å². The molecular weight excluding hydrogens is 661 g/mol. The standard InChI is InChI=1S/C48H32N6/c1-6-16-33(17-7-1)42-32-40(48-53-45(37-22-12-4-13-23-37)50-46(54-48)38-24-14-5-15-25-38)30-31-41(42)34-26-28-39(29-27-34)47-51-43(35-18-8-2-9-19-35)49-44(52-47)36-20-10-3-11-21-36/h1-32H. The van der Waals surface area contributed by atoms with E-state index < -0.39 is 0 Å². The molecule has 0 bridgehead atoms. The van der Waals surface area contributed by atoms with Gasteiger partial charge >= 0.3 is 0 Å². The zero-order valence-corrected chi connectivity index (χ0v) is 29.2. The molecule has 0 spiro atoms. The van der Waals surface area contributed by atoms with Crippen LogP contribution in [0.3, 0.4) is 0 Å². The van der Waals surface area contributed by atoms with Gasteiger partial charge in [-0.3, -0.25) is 0 Å². The first-order valence-electron chi connectivity index (χ1n) is 17.8. The van der Waals surface area contributed by atoms with E-state index >= 15 is 0 Å². The van der Waals surface area contributed by atoms with E-state index in [9.17, 15) is 0 Å². The van der Waals surface area contributed by atoms with Crippen LogP contribution in [0.5, 0.6) is 0 Å². The molecule has 0 aliphatic rings. The van der Waals surface area contributed by atoms with E-state index in [4.69, 9.17) is 29.9 Å². The van der Waals surface area contributed by atoms with Gasteiger partial charge in [0.15, 0.2) is 34.9 Å². The Morgan fingerprint density at radius 1 is 0.185 bits per heavy atom. The zero-order chi connectivity index (χ0) is 36.1. The number of hydrogen-bond acceptors (Lipinski definition) is 6. The Balaban J connectivity index is 1.13. The molecule has 6 heteroatoms. The van der Waals surface area contributed by atoms with Gasteiger partial charge in [0.25, 0.3) is 0 Å². The highest BCUT2D eigenvalue weighted by molar-refractivity contribution is 5.87. The van der Waals surface area contributed by atoms with Gasteiger partial charge in [-0.1, -0.05) is 188 Å². The lowest BCUT2D eigenvalue weighted by Crippen LogP contribution is -2.00. The van der Waals surface area contributed by atoms with Crippen LogP contribution in [0.25, 0.3) is 90.6 Å². The van der Waals surface area contributed by atoms with Gasteiger partial charge in [0.1, 0.15) is 0 Å². The quantitative estimate of drug-likeness (QED) is 0.158. The fourth-order valence-corrected chi connectivity index (χ4v) is 6.47. The minimum Gasteiger partial charge on any atom is -0.208 e. The first-order valence-corrected chi connectivity index (χ1v) is 17.8. The highest BCUT2D eigenvalue weighted by Gasteiger charge is 2.17. The van der Waals surface area contributed by atoms with Crippen molar-refractivity contribution in [2.45, 2.75) is 0 Å².